The number of rotatable bonds is 5. The molecule has 0 radical (unpaired) electrons. The SMILES string of the molecule is CC(Nc1cc(=O)n(C)c2ccc(Nc3ccnc(Cl)c3C#N)cc12)c1cnccn1. The summed E-state index contributed by atoms with van der Waals surface area (Å²) in [5.74, 6) is 0. The van der Waals surface area contributed by atoms with Crippen molar-refractivity contribution in [3.05, 3.63) is 81.9 Å². The van der Waals surface area contributed by atoms with Gasteiger partial charge in [-0.3, -0.25) is 14.8 Å². The van der Waals surface area contributed by atoms with Gasteiger partial charge in [0.2, 0.25) is 0 Å². The minimum Gasteiger partial charge on any atom is -0.376 e. The van der Waals surface area contributed by atoms with E-state index in [2.05, 4.69) is 31.7 Å². The Balaban J connectivity index is 1.77. The third kappa shape index (κ3) is 4.04. The third-order valence-corrected chi connectivity index (χ3v) is 5.23. The quantitative estimate of drug-likeness (QED) is 0.456. The zero-order valence-electron chi connectivity index (χ0n) is 16.8. The molecule has 3 aromatic heterocycles. The van der Waals surface area contributed by atoms with E-state index in [1.807, 2.05) is 25.1 Å². The van der Waals surface area contributed by atoms with Crippen molar-refractivity contribution >= 4 is 39.6 Å². The number of hydrogen-bond donors (Lipinski definition) is 2. The summed E-state index contributed by atoms with van der Waals surface area (Å²) >= 11 is 6.04. The molecule has 0 aliphatic rings. The number of aromatic nitrogens is 4. The fourth-order valence-electron chi connectivity index (χ4n) is 3.30. The molecule has 3 heterocycles. The fraction of sp³-hybridized carbons (Fsp3) is 0.136. The molecule has 1 unspecified atom stereocenters. The van der Waals surface area contributed by atoms with Crippen LogP contribution in [0.5, 0.6) is 0 Å². The van der Waals surface area contributed by atoms with Gasteiger partial charge in [-0.1, -0.05) is 11.6 Å². The molecule has 0 aliphatic heterocycles. The van der Waals surface area contributed by atoms with Crippen molar-refractivity contribution in [3.8, 4) is 6.07 Å². The van der Waals surface area contributed by atoms with Crippen LogP contribution in [0.15, 0.2) is 59.9 Å². The largest absolute Gasteiger partial charge is 0.376 e. The van der Waals surface area contributed by atoms with Gasteiger partial charge in [-0.2, -0.15) is 5.26 Å². The van der Waals surface area contributed by atoms with Crippen molar-refractivity contribution in [2.75, 3.05) is 10.6 Å². The minimum atomic E-state index is -0.162. The number of fused-ring (bicyclic) bond motifs is 1. The molecule has 154 valence electrons. The third-order valence-electron chi connectivity index (χ3n) is 4.94. The average Bonchev–Trinajstić information content (AvgIpc) is 2.78. The van der Waals surface area contributed by atoms with E-state index in [-0.39, 0.29) is 22.3 Å². The molecule has 4 rings (SSSR count). The van der Waals surface area contributed by atoms with E-state index in [1.54, 1.807) is 42.3 Å². The van der Waals surface area contributed by atoms with Gasteiger partial charge in [-0.25, -0.2) is 4.98 Å². The Morgan fingerprint density at radius 1 is 1.13 bits per heavy atom. The summed E-state index contributed by atoms with van der Waals surface area (Å²) in [5, 5.41) is 16.9. The Hall–Kier alpha value is -3.96. The number of aryl methyl sites for hydroxylation is 1. The van der Waals surface area contributed by atoms with Crippen LogP contribution in [-0.4, -0.2) is 19.5 Å². The first-order chi connectivity index (χ1) is 15.0. The van der Waals surface area contributed by atoms with Crippen LogP contribution in [0.25, 0.3) is 10.9 Å². The van der Waals surface area contributed by atoms with Crippen LogP contribution in [-0.2, 0) is 7.05 Å². The number of anilines is 3. The second-order valence-corrected chi connectivity index (χ2v) is 7.30. The van der Waals surface area contributed by atoms with Crippen LogP contribution < -0.4 is 16.2 Å². The van der Waals surface area contributed by atoms with E-state index in [0.717, 1.165) is 22.3 Å². The molecular weight excluding hydrogens is 414 g/mol. The monoisotopic (exact) mass is 431 g/mol. The lowest BCUT2D eigenvalue weighted by molar-refractivity contribution is 0.825. The maximum absolute atomic E-state index is 12.5. The van der Waals surface area contributed by atoms with E-state index in [0.29, 0.717) is 11.4 Å². The summed E-state index contributed by atoms with van der Waals surface area (Å²) in [6.45, 7) is 1.95. The molecule has 31 heavy (non-hydrogen) atoms. The summed E-state index contributed by atoms with van der Waals surface area (Å²) in [6, 6.07) is 10.8. The number of benzene rings is 1. The summed E-state index contributed by atoms with van der Waals surface area (Å²) < 4.78 is 1.58. The predicted molar refractivity (Wildman–Crippen MR) is 121 cm³/mol. The first-order valence-corrected chi connectivity index (χ1v) is 9.83. The van der Waals surface area contributed by atoms with Crippen molar-refractivity contribution in [1.82, 2.24) is 19.5 Å². The first kappa shape index (κ1) is 20.3. The van der Waals surface area contributed by atoms with Crippen LogP contribution in [0.1, 0.15) is 24.2 Å². The maximum atomic E-state index is 12.5. The van der Waals surface area contributed by atoms with Crippen LogP contribution in [0, 0.1) is 11.3 Å². The van der Waals surface area contributed by atoms with Gasteiger partial charge in [0.1, 0.15) is 16.8 Å². The van der Waals surface area contributed by atoms with E-state index in [9.17, 15) is 10.1 Å². The lowest BCUT2D eigenvalue weighted by Gasteiger charge is -2.18. The molecule has 8 nitrogen and oxygen atoms in total. The molecule has 0 saturated heterocycles. The van der Waals surface area contributed by atoms with Crippen LogP contribution in [0.2, 0.25) is 5.15 Å². The predicted octanol–water partition coefficient (Wildman–Crippen LogP) is 4.17. The molecule has 0 aliphatic carbocycles. The van der Waals surface area contributed by atoms with Crippen LogP contribution >= 0.6 is 11.6 Å². The Morgan fingerprint density at radius 3 is 2.71 bits per heavy atom. The second-order valence-electron chi connectivity index (χ2n) is 6.94. The molecule has 9 heteroatoms. The molecular formula is C22H18ClN7O. The maximum Gasteiger partial charge on any atom is 0.252 e. The van der Waals surface area contributed by atoms with Crippen molar-refractivity contribution in [2.45, 2.75) is 13.0 Å². The van der Waals surface area contributed by atoms with Gasteiger partial charge in [0.25, 0.3) is 5.56 Å². The van der Waals surface area contributed by atoms with Gasteiger partial charge in [-0.05, 0) is 31.2 Å². The number of nitriles is 1. The van der Waals surface area contributed by atoms with E-state index >= 15 is 0 Å². The Kier molecular flexibility index (Phi) is 5.52. The van der Waals surface area contributed by atoms with Crippen LogP contribution in [0.4, 0.5) is 17.1 Å². The van der Waals surface area contributed by atoms with E-state index in [4.69, 9.17) is 11.6 Å². The van der Waals surface area contributed by atoms with E-state index < -0.39 is 0 Å². The highest BCUT2D eigenvalue weighted by atomic mass is 35.5. The lowest BCUT2D eigenvalue weighted by Crippen LogP contribution is -2.18. The number of hydrogen-bond acceptors (Lipinski definition) is 7. The normalized spacial score (nSPS) is 11.7. The molecule has 0 saturated carbocycles. The molecule has 0 fully saturated rings. The molecule has 2 N–H and O–H groups in total. The number of halogens is 1. The summed E-state index contributed by atoms with van der Waals surface area (Å²) in [5.41, 5.74) is 3.62. The van der Waals surface area contributed by atoms with E-state index in [1.165, 1.54) is 6.20 Å². The first-order valence-electron chi connectivity index (χ1n) is 9.46. The lowest BCUT2D eigenvalue weighted by atomic mass is 10.1. The summed E-state index contributed by atoms with van der Waals surface area (Å²) in [4.78, 5) is 24.9. The van der Waals surface area contributed by atoms with Gasteiger partial charge >= 0.3 is 0 Å². The summed E-state index contributed by atoms with van der Waals surface area (Å²) in [6.07, 6.45) is 6.46. The highest BCUT2D eigenvalue weighted by Crippen LogP contribution is 2.30. The van der Waals surface area contributed by atoms with Gasteiger partial charge in [-0.15, -0.1) is 0 Å². The zero-order chi connectivity index (χ0) is 22.0. The minimum absolute atomic E-state index is 0.130. The molecule has 1 atom stereocenters. The average molecular weight is 432 g/mol. The topological polar surface area (TPSA) is 109 Å². The van der Waals surface area contributed by atoms with Gasteiger partial charge in [0.05, 0.1) is 29.1 Å². The van der Waals surface area contributed by atoms with Gasteiger partial charge in [0, 0.05) is 48.5 Å². The highest BCUT2D eigenvalue weighted by molar-refractivity contribution is 6.31. The Morgan fingerprint density at radius 2 is 1.97 bits per heavy atom. The van der Waals surface area contributed by atoms with Crippen molar-refractivity contribution < 1.29 is 0 Å². The fourth-order valence-corrected chi connectivity index (χ4v) is 3.50. The Labute approximate surface area is 183 Å². The molecule has 4 aromatic rings. The van der Waals surface area contributed by atoms with Gasteiger partial charge in [0.15, 0.2) is 0 Å². The van der Waals surface area contributed by atoms with Crippen molar-refractivity contribution in [2.24, 2.45) is 7.05 Å². The molecule has 1 aromatic carbocycles. The molecule has 0 spiro atoms. The molecule has 0 bridgehead atoms. The zero-order valence-corrected chi connectivity index (χ0v) is 17.6. The number of pyridine rings is 2. The number of nitrogens with one attached hydrogen (secondary N) is 2. The highest BCUT2D eigenvalue weighted by Gasteiger charge is 2.13. The Bertz CT molecular complexity index is 1360. The summed E-state index contributed by atoms with van der Waals surface area (Å²) in [7, 11) is 1.73. The van der Waals surface area contributed by atoms with Crippen molar-refractivity contribution in [3.63, 3.8) is 0 Å². The smallest absolute Gasteiger partial charge is 0.252 e. The molecule has 0 amide bonds. The van der Waals surface area contributed by atoms with Crippen molar-refractivity contribution in [1.29, 1.82) is 5.26 Å². The van der Waals surface area contributed by atoms with Gasteiger partial charge < -0.3 is 15.2 Å². The number of nitrogens with zero attached hydrogens (tertiary/aromatic N) is 5. The standard InChI is InChI=1S/C22H18ClN7O/c1-13(19-12-25-7-8-26-19)28-18-10-21(31)30(2)20-4-3-14(9-15(18)20)29-17-5-6-27-22(23)16(17)11-24/h3-10,12-13,28H,1-2H3,(H,27,29). The second kappa shape index (κ2) is 8.42. The van der Waals surface area contributed by atoms with Crippen LogP contribution in [0.3, 0.4) is 0 Å².